The lowest BCUT2D eigenvalue weighted by atomic mass is 10.2. The van der Waals surface area contributed by atoms with Crippen LogP contribution in [0.2, 0.25) is 0 Å². The lowest BCUT2D eigenvalue weighted by molar-refractivity contribution is 0.623. The van der Waals surface area contributed by atoms with Crippen molar-refractivity contribution < 1.29 is 0 Å². The summed E-state index contributed by atoms with van der Waals surface area (Å²) in [5, 5.41) is 5.59. The molecule has 0 saturated carbocycles. The van der Waals surface area contributed by atoms with Crippen molar-refractivity contribution >= 4 is 23.1 Å². The van der Waals surface area contributed by atoms with Gasteiger partial charge in [0.15, 0.2) is 0 Å². The van der Waals surface area contributed by atoms with Gasteiger partial charge < -0.3 is 10.3 Å². The largest absolute Gasteiger partial charge is 0.368 e. The monoisotopic (exact) mass is 281 g/mol. The number of hydrogen-bond acceptors (Lipinski definition) is 3. The number of nitrogens with zero attached hydrogens (tertiary/aromatic N) is 4. The van der Waals surface area contributed by atoms with Gasteiger partial charge in [0.1, 0.15) is 0 Å². The maximum atomic E-state index is 5.78. The summed E-state index contributed by atoms with van der Waals surface area (Å²) in [6, 6.07) is 8.86. The third kappa shape index (κ3) is 2.54. The van der Waals surface area contributed by atoms with Gasteiger partial charge in [0.05, 0.1) is 18.1 Å². The predicted molar refractivity (Wildman–Crippen MR) is 86.7 cm³/mol. The average Bonchev–Trinajstić information content (AvgIpc) is 2.99. The second-order valence-electron chi connectivity index (χ2n) is 5.46. The maximum Gasteiger partial charge on any atom is 0.221 e. The minimum atomic E-state index is 0.399. The van der Waals surface area contributed by atoms with Crippen molar-refractivity contribution in [1.29, 1.82) is 0 Å². The highest BCUT2D eigenvalue weighted by Crippen LogP contribution is 2.20. The molecule has 3 rings (SSSR count). The molecule has 2 aromatic heterocycles. The minimum absolute atomic E-state index is 0.399. The number of imidazole rings is 1. The molecule has 3 aromatic rings. The summed E-state index contributed by atoms with van der Waals surface area (Å²) in [5.41, 5.74) is 8.88. The van der Waals surface area contributed by atoms with Gasteiger partial charge >= 0.3 is 0 Å². The van der Waals surface area contributed by atoms with Gasteiger partial charge in [-0.25, -0.2) is 9.66 Å². The summed E-state index contributed by atoms with van der Waals surface area (Å²) in [6.45, 7) is 6.24. The van der Waals surface area contributed by atoms with Crippen molar-refractivity contribution in [2.75, 3.05) is 5.73 Å². The van der Waals surface area contributed by atoms with E-state index in [-0.39, 0.29) is 0 Å². The zero-order valence-corrected chi connectivity index (χ0v) is 12.5. The molecule has 0 amide bonds. The summed E-state index contributed by atoms with van der Waals surface area (Å²) in [6.07, 6.45) is 5.73. The highest BCUT2D eigenvalue weighted by molar-refractivity contribution is 5.89. The van der Waals surface area contributed by atoms with Crippen LogP contribution in [0.4, 0.5) is 5.95 Å². The van der Waals surface area contributed by atoms with E-state index in [4.69, 9.17) is 5.73 Å². The Kier molecular flexibility index (Phi) is 3.25. The molecule has 0 fully saturated rings. The number of benzene rings is 1. The molecule has 0 radical (unpaired) electrons. The number of nitrogens with two attached hydrogens (primary N) is 1. The second-order valence-corrected chi connectivity index (χ2v) is 5.46. The zero-order chi connectivity index (χ0) is 15.0. The molecule has 0 unspecified atom stereocenters. The number of fused-ring (bicyclic) bond motifs is 1. The van der Waals surface area contributed by atoms with E-state index in [2.05, 4.69) is 59.0 Å². The topological polar surface area (TPSA) is 61.1 Å². The zero-order valence-electron chi connectivity index (χ0n) is 12.5. The van der Waals surface area contributed by atoms with E-state index in [1.54, 1.807) is 17.1 Å². The molecule has 21 heavy (non-hydrogen) atoms. The quantitative estimate of drug-likeness (QED) is 0.749. The first-order valence-electron chi connectivity index (χ1n) is 7.01. The van der Waals surface area contributed by atoms with Crippen LogP contribution in [-0.2, 0) is 0 Å². The van der Waals surface area contributed by atoms with Gasteiger partial charge in [-0.2, -0.15) is 5.10 Å². The Morgan fingerprint density at radius 2 is 2.10 bits per heavy atom. The fourth-order valence-corrected chi connectivity index (χ4v) is 2.42. The van der Waals surface area contributed by atoms with Crippen molar-refractivity contribution in [2.24, 2.45) is 5.10 Å². The van der Waals surface area contributed by atoms with Gasteiger partial charge in [-0.3, -0.25) is 0 Å². The Morgan fingerprint density at radius 1 is 1.29 bits per heavy atom. The number of hydrogen-bond donors (Lipinski definition) is 1. The van der Waals surface area contributed by atoms with Gasteiger partial charge in [-0.1, -0.05) is 12.1 Å². The van der Waals surface area contributed by atoms with Crippen LogP contribution in [0.25, 0.3) is 10.9 Å². The van der Waals surface area contributed by atoms with Crippen LogP contribution in [-0.4, -0.2) is 20.4 Å². The van der Waals surface area contributed by atoms with Crippen LogP contribution in [0.15, 0.2) is 41.8 Å². The van der Waals surface area contributed by atoms with E-state index in [0.29, 0.717) is 12.0 Å². The number of rotatable bonds is 3. The van der Waals surface area contributed by atoms with Crippen molar-refractivity contribution in [3.63, 3.8) is 0 Å². The molecule has 0 aliphatic rings. The molecular formula is C16H19N5. The number of anilines is 1. The Bertz CT molecular complexity index is 807. The Hall–Kier alpha value is -2.56. The summed E-state index contributed by atoms with van der Waals surface area (Å²) < 4.78 is 3.84. The van der Waals surface area contributed by atoms with E-state index in [0.717, 1.165) is 11.3 Å². The summed E-state index contributed by atoms with van der Waals surface area (Å²) in [4.78, 5) is 4.13. The molecular weight excluding hydrogens is 262 g/mol. The molecule has 0 spiro atoms. The Labute approximate surface area is 123 Å². The first-order valence-corrected chi connectivity index (χ1v) is 7.01. The van der Waals surface area contributed by atoms with Gasteiger partial charge in [0.2, 0.25) is 5.95 Å². The minimum Gasteiger partial charge on any atom is -0.368 e. The van der Waals surface area contributed by atoms with Crippen LogP contribution in [0.5, 0.6) is 0 Å². The number of aromatic nitrogens is 3. The van der Waals surface area contributed by atoms with Crippen molar-refractivity contribution in [3.05, 3.63) is 47.9 Å². The molecule has 0 aliphatic carbocycles. The van der Waals surface area contributed by atoms with Crippen LogP contribution in [0.3, 0.4) is 0 Å². The molecule has 0 saturated heterocycles. The lowest BCUT2D eigenvalue weighted by Gasteiger charge is -2.09. The molecule has 1 aromatic carbocycles. The van der Waals surface area contributed by atoms with E-state index in [1.807, 2.05) is 6.92 Å². The first-order chi connectivity index (χ1) is 10.0. The highest BCUT2D eigenvalue weighted by Gasteiger charge is 2.04. The number of nitrogen functional groups attached to an aromatic ring is 1. The lowest BCUT2D eigenvalue weighted by Crippen LogP contribution is -1.99. The molecule has 2 N–H and O–H groups in total. The summed E-state index contributed by atoms with van der Waals surface area (Å²) in [5.74, 6) is 0.399. The normalized spacial score (nSPS) is 12.0. The van der Waals surface area contributed by atoms with Gasteiger partial charge in [0, 0.05) is 17.8 Å². The van der Waals surface area contributed by atoms with E-state index >= 15 is 0 Å². The first kappa shape index (κ1) is 13.4. The molecule has 108 valence electrons. The van der Waals surface area contributed by atoms with Crippen LogP contribution in [0.1, 0.15) is 31.1 Å². The van der Waals surface area contributed by atoms with Crippen LogP contribution >= 0.6 is 0 Å². The molecule has 5 heteroatoms. The predicted octanol–water partition coefficient (Wildman–Crippen LogP) is 3.19. The van der Waals surface area contributed by atoms with Crippen LogP contribution < -0.4 is 5.73 Å². The summed E-state index contributed by atoms with van der Waals surface area (Å²) >= 11 is 0. The van der Waals surface area contributed by atoms with E-state index in [9.17, 15) is 0 Å². The molecule has 2 heterocycles. The van der Waals surface area contributed by atoms with Crippen molar-refractivity contribution in [3.8, 4) is 0 Å². The summed E-state index contributed by atoms with van der Waals surface area (Å²) in [7, 11) is 0. The molecule has 5 nitrogen and oxygen atoms in total. The molecule has 0 bridgehead atoms. The second kappa shape index (κ2) is 5.09. The third-order valence-electron chi connectivity index (χ3n) is 3.47. The van der Waals surface area contributed by atoms with Crippen LogP contribution in [0, 0.1) is 6.92 Å². The fourth-order valence-electron chi connectivity index (χ4n) is 2.42. The van der Waals surface area contributed by atoms with Crippen molar-refractivity contribution in [2.45, 2.75) is 26.8 Å². The fraction of sp³-hybridized carbons (Fsp3) is 0.250. The van der Waals surface area contributed by atoms with Gasteiger partial charge in [0.25, 0.3) is 0 Å². The number of aryl methyl sites for hydroxylation is 1. The molecule has 0 aliphatic heterocycles. The van der Waals surface area contributed by atoms with E-state index < -0.39 is 0 Å². The van der Waals surface area contributed by atoms with Gasteiger partial charge in [-0.15, -0.1) is 0 Å². The van der Waals surface area contributed by atoms with E-state index in [1.165, 1.54) is 10.9 Å². The maximum absolute atomic E-state index is 5.78. The third-order valence-corrected chi connectivity index (χ3v) is 3.47. The Morgan fingerprint density at radius 3 is 2.76 bits per heavy atom. The Balaban J connectivity index is 1.97. The highest BCUT2D eigenvalue weighted by atomic mass is 15.4. The average molecular weight is 281 g/mol. The van der Waals surface area contributed by atoms with Crippen molar-refractivity contribution in [1.82, 2.24) is 14.2 Å². The SMILES string of the molecule is Cc1cn(N=Cc2ccc3ccn(C(C)C)c3c2)c(N)n1. The molecule has 0 atom stereocenters. The smallest absolute Gasteiger partial charge is 0.221 e. The van der Waals surface area contributed by atoms with Gasteiger partial charge in [-0.05, 0) is 43.9 Å². The standard InChI is InChI=1S/C16H19N5/c1-11(2)20-7-6-14-5-4-13(8-15(14)20)9-18-21-10-12(3)19-16(21)17/h4-11H,1-3H3,(H2,17,19).